The summed E-state index contributed by atoms with van der Waals surface area (Å²) in [6.07, 6.45) is -4.93. The highest BCUT2D eigenvalue weighted by molar-refractivity contribution is 7.45. The molecule has 0 aliphatic rings. The van der Waals surface area contributed by atoms with E-state index in [-0.39, 0.29) is 0 Å². The first-order chi connectivity index (χ1) is 4.15. The minimum absolute atomic E-state index is 0.883. The molecule has 0 bridgehead atoms. The van der Waals surface area contributed by atoms with Crippen LogP contribution in [-0.4, -0.2) is 18.7 Å². The third kappa shape index (κ3) is 3.07. The van der Waals surface area contributed by atoms with E-state index >= 15 is 0 Å². The topological polar surface area (TPSA) is 0 Å². The molecule has 0 heterocycles. The van der Waals surface area contributed by atoms with Crippen molar-refractivity contribution >= 4 is 28.9 Å². The van der Waals surface area contributed by atoms with Crippen LogP contribution in [0.5, 0.6) is 0 Å². The van der Waals surface area contributed by atoms with E-state index in [2.05, 4.69) is 0 Å². The fourth-order valence-electron chi connectivity index (χ4n) is 0.287. The molecule has 1 unspecified atom stereocenters. The zero-order valence-electron chi connectivity index (χ0n) is 4.85. The van der Waals surface area contributed by atoms with E-state index in [9.17, 15) is 17.6 Å². The lowest BCUT2D eigenvalue weighted by atomic mass is 10.7. The molecule has 62 valence electrons. The number of halogens is 6. The molecule has 0 amide bonds. The van der Waals surface area contributed by atoms with Gasteiger partial charge in [0, 0.05) is 0 Å². The first-order valence-electron chi connectivity index (χ1n) is 2.24. The summed E-state index contributed by atoms with van der Waals surface area (Å²) in [5.41, 5.74) is 0. The molecule has 0 saturated carbocycles. The molecule has 0 saturated heterocycles. The van der Waals surface area contributed by atoms with Gasteiger partial charge in [0.2, 0.25) is 5.79 Å². The van der Waals surface area contributed by atoms with Gasteiger partial charge in [-0.1, -0.05) is 0 Å². The molecular weight excluding hydrogens is 211 g/mol. The average Bonchev–Trinajstić information content (AvgIpc) is 1.59. The second kappa shape index (κ2) is 2.87. The predicted molar refractivity (Wildman–Crippen MR) is 34.3 cm³/mol. The second-order valence-electron chi connectivity index (χ2n) is 1.86. The number of hydrogen-bond donors (Lipinski definition) is 0. The molecule has 0 aliphatic heterocycles. The Morgan fingerprint density at radius 1 is 1.30 bits per heavy atom. The van der Waals surface area contributed by atoms with Crippen molar-refractivity contribution in [3.63, 3.8) is 0 Å². The fourth-order valence-corrected chi connectivity index (χ4v) is 1.60. The van der Waals surface area contributed by atoms with E-state index in [0.29, 0.717) is 0 Å². The lowest BCUT2D eigenvalue weighted by Crippen LogP contribution is -2.41. The Morgan fingerprint density at radius 3 is 1.60 bits per heavy atom. The van der Waals surface area contributed by atoms with Crippen LogP contribution in [0.4, 0.5) is 17.6 Å². The maximum Gasteiger partial charge on any atom is 0.419 e. The lowest BCUT2D eigenvalue weighted by Gasteiger charge is -2.18. The fraction of sp³-hybridized carbons (Fsp3) is 1.00. The lowest BCUT2D eigenvalue weighted by molar-refractivity contribution is -0.158. The molecule has 10 heavy (non-hydrogen) atoms. The van der Waals surface area contributed by atoms with Gasteiger partial charge in [0.1, 0.15) is 0 Å². The quantitative estimate of drug-likeness (QED) is 0.358. The second-order valence-corrected chi connectivity index (χ2v) is 9.57. The monoisotopic (exact) mass is 214 g/mol. The van der Waals surface area contributed by atoms with Crippen molar-refractivity contribution in [1.82, 2.24) is 0 Å². The van der Waals surface area contributed by atoms with Crippen molar-refractivity contribution in [1.29, 1.82) is 0 Å². The van der Waals surface area contributed by atoms with Crippen LogP contribution in [0.3, 0.4) is 0 Å². The Hall–Kier alpha value is 0.517. The molecule has 0 fully saturated rings. The minimum atomic E-state index is -4.93. The number of rotatable bonds is 1. The molecule has 7 heteroatoms. The first kappa shape index (κ1) is 10.5. The van der Waals surface area contributed by atoms with Crippen LogP contribution in [0.1, 0.15) is 0 Å². The summed E-state index contributed by atoms with van der Waals surface area (Å²) in [6.45, 7) is -2.86. The van der Waals surface area contributed by atoms with Crippen LogP contribution in [0.25, 0.3) is 0 Å². The van der Waals surface area contributed by atoms with Crippen molar-refractivity contribution in [3.8, 4) is 0 Å². The van der Waals surface area contributed by atoms with Gasteiger partial charge in [-0.25, -0.2) is 4.39 Å². The zero-order chi connectivity index (χ0) is 8.58. The van der Waals surface area contributed by atoms with Crippen molar-refractivity contribution in [2.45, 2.75) is 18.5 Å². The number of alkyl halides is 4. The van der Waals surface area contributed by atoms with Crippen LogP contribution in [0.15, 0.2) is 0 Å². The van der Waals surface area contributed by atoms with Gasteiger partial charge in [-0.05, 0) is 6.55 Å². The van der Waals surface area contributed by atoms with E-state index in [0.717, 1.165) is 6.55 Å². The largest absolute Gasteiger partial charge is 0.419 e. The van der Waals surface area contributed by atoms with Crippen molar-refractivity contribution in [2.24, 2.45) is 0 Å². The molecule has 0 aromatic heterocycles. The first-order valence-corrected chi connectivity index (χ1v) is 6.84. The third-order valence-corrected chi connectivity index (χ3v) is 3.10. The van der Waals surface area contributed by atoms with Gasteiger partial charge in [0.05, 0.1) is 0 Å². The summed E-state index contributed by atoms with van der Waals surface area (Å²) in [5, 5.41) is 0. The highest BCUT2D eigenvalue weighted by Gasteiger charge is 2.52. The van der Waals surface area contributed by atoms with Crippen molar-refractivity contribution in [2.75, 3.05) is 0 Å². The van der Waals surface area contributed by atoms with Gasteiger partial charge < -0.3 is 0 Å². The maximum absolute atomic E-state index is 12.1. The summed E-state index contributed by atoms with van der Waals surface area (Å²) >= 11 is 9.96. The summed E-state index contributed by atoms with van der Waals surface area (Å²) in [5.74, 6) is -3.07. The van der Waals surface area contributed by atoms with Gasteiger partial charge in [-0.15, -0.1) is 22.2 Å². The summed E-state index contributed by atoms with van der Waals surface area (Å²) in [7, 11) is 0. The molecule has 0 rings (SSSR count). The van der Waals surface area contributed by atoms with E-state index in [4.69, 9.17) is 22.2 Å². The Kier molecular flexibility index (Phi) is 3.02. The summed E-state index contributed by atoms with van der Waals surface area (Å²) < 4.78 is 46.4. The van der Waals surface area contributed by atoms with Gasteiger partial charge in [-0.3, -0.25) is 0 Å². The molecular formula is C3H4Cl2F4Si. The van der Waals surface area contributed by atoms with E-state index < -0.39 is 18.7 Å². The van der Waals surface area contributed by atoms with Crippen LogP contribution in [0.2, 0.25) is 6.55 Å². The van der Waals surface area contributed by atoms with Crippen LogP contribution >= 0.6 is 22.2 Å². The van der Waals surface area contributed by atoms with Gasteiger partial charge in [0.15, 0.2) is 0 Å². The van der Waals surface area contributed by atoms with Gasteiger partial charge in [0.25, 0.3) is 6.69 Å². The standard InChI is InChI=1S/C3H4Cl2F4Si/c1-10(4,5)2(6)3(7,8)9/h2H,1H3. The van der Waals surface area contributed by atoms with Gasteiger partial charge in [-0.2, -0.15) is 13.2 Å². The average molecular weight is 215 g/mol. The van der Waals surface area contributed by atoms with Crippen molar-refractivity contribution < 1.29 is 17.6 Å². The van der Waals surface area contributed by atoms with Crippen molar-refractivity contribution in [3.05, 3.63) is 0 Å². The third-order valence-electron chi connectivity index (χ3n) is 0.732. The van der Waals surface area contributed by atoms with Crippen LogP contribution in [0, 0.1) is 0 Å². The van der Waals surface area contributed by atoms with Crippen LogP contribution < -0.4 is 0 Å². The van der Waals surface area contributed by atoms with E-state index in [1.54, 1.807) is 0 Å². The van der Waals surface area contributed by atoms with E-state index in [1.807, 2.05) is 0 Å². The summed E-state index contributed by atoms with van der Waals surface area (Å²) in [4.78, 5) is 0. The Bertz CT molecular complexity index is 103. The minimum Gasteiger partial charge on any atom is -0.238 e. The molecule has 0 radical (unpaired) electrons. The normalized spacial score (nSPS) is 17.1. The number of hydrogen-bond acceptors (Lipinski definition) is 0. The predicted octanol–water partition coefficient (Wildman–Crippen LogP) is 2.98. The smallest absolute Gasteiger partial charge is 0.238 e. The summed E-state index contributed by atoms with van der Waals surface area (Å²) in [6, 6.07) is 0. The zero-order valence-corrected chi connectivity index (χ0v) is 7.36. The molecule has 0 aromatic rings. The molecule has 0 aromatic carbocycles. The molecule has 0 aliphatic carbocycles. The molecule has 0 N–H and O–H groups in total. The molecule has 1 atom stereocenters. The van der Waals surface area contributed by atoms with E-state index in [1.165, 1.54) is 0 Å². The molecule has 0 spiro atoms. The highest BCUT2D eigenvalue weighted by atomic mass is 35.7. The highest BCUT2D eigenvalue weighted by Crippen LogP contribution is 2.34. The Labute approximate surface area is 65.5 Å². The van der Waals surface area contributed by atoms with Gasteiger partial charge >= 0.3 is 6.18 Å². The SMILES string of the molecule is C[Si](Cl)(Cl)C(F)C(F)(F)F. The molecule has 0 nitrogen and oxygen atoms in total. The Morgan fingerprint density at radius 2 is 1.60 bits per heavy atom. The van der Waals surface area contributed by atoms with Crippen LogP contribution in [-0.2, 0) is 0 Å². The Balaban J connectivity index is 4.23. The maximum atomic E-state index is 12.1.